The molecule has 74 heavy (non-hydrogen) atoms. The summed E-state index contributed by atoms with van der Waals surface area (Å²) >= 11 is 0. The highest BCUT2D eigenvalue weighted by atomic mass is 16.8. The molecule has 18 heteroatoms. The molecule has 4 aliphatic heterocycles. The average molecular weight is 1040 g/mol. The Morgan fingerprint density at radius 2 is 1.24 bits per heavy atom. The Hall–Kier alpha value is -2.76. The third kappa shape index (κ3) is 10.4. The van der Waals surface area contributed by atoms with E-state index in [9.17, 15) is 35.1 Å². The number of benzene rings is 1. The number of carbonyl (C=O) groups excluding carboxylic acids is 2. The fourth-order valence-corrected chi connectivity index (χ4v) is 14.6. The number of aliphatic hydroxyl groups is 5. The first-order valence-electron chi connectivity index (χ1n) is 27.0. The SMILES string of the molecule is CO[C@H]1C[C@H](O[C@H]2CC[C@@]3(C)C(=CC[C@]4(O)[C@@H]3C[C@@H](OC(=O)C=Cc3ccccc3)[C@]3(C)[C@H](C(C)=O)CC[C@@]34O)C2)O[C@H](C)[C@H]1O[C@H]1C[C@H](O)[C@H](O[C@H]2C[C@H](O)[C@H](O[C@H]3C[C@@H](OC)[C@H](O)[C@@H](C)O3)[C@@H](C)O2)[C@@H](C)O1. The first-order valence-corrected chi connectivity index (χ1v) is 27.0. The van der Waals surface area contributed by atoms with Gasteiger partial charge in [-0.05, 0) is 96.6 Å². The van der Waals surface area contributed by atoms with Gasteiger partial charge in [-0.2, -0.15) is 0 Å². The van der Waals surface area contributed by atoms with Gasteiger partial charge < -0.3 is 77.6 Å². The van der Waals surface area contributed by atoms with E-state index in [1.165, 1.54) is 20.1 Å². The number of Topliss-reactive ketones (excluding diaryl/α,β-unsaturated/α-hetero) is 1. The number of aliphatic hydroxyl groups excluding tert-OH is 3. The Balaban J connectivity index is 0.790. The Labute approximate surface area is 435 Å². The molecule has 9 rings (SSSR count). The number of methoxy groups -OCH3 is 2. The van der Waals surface area contributed by atoms with Crippen LogP contribution in [-0.2, 0) is 61.7 Å². The summed E-state index contributed by atoms with van der Waals surface area (Å²) in [6.07, 6.45) is -2.96. The lowest BCUT2D eigenvalue weighted by Crippen LogP contribution is -2.75. The van der Waals surface area contributed by atoms with Crippen molar-refractivity contribution in [3.05, 3.63) is 53.6 Å². The standard InChI is InChI=1S/C56H82O18/c1-29(57)37-19-22-56(63)54(37,7)43(71-44(60)16-15-34-13-11-10-12-14-34)28-42-53(6)20-18-36(23-35(53)17-21-55(42,56)62)70-47-27-41(65-9)52(33(5)69-47)74-46-25-39(59)50(31(3)68-46)72-45-24-38(58)51(32(4)67-45)73-48-26-40(64-8)49(61)30(2)66-48/h10-17,30-33,36-43,45-52,58-59,61-63H,18-28H2,1-9H3/t30-,31-,32-,33-,36+,37+,38+,39+,40-,41+,42-,43-,45+,46+,47+,48+,49-,50-,51-,52-,53+,54+,55+,56-/m1/s1. The van der Waals surface area contributed by atoms with E-state index in [1.54, 1.807) is 34.0 Å². The quantitative estimate of drug-likeness (QED) is 0.0955. The molecule has 1 aromatic rings. The van der Waals surface area contributed by atoms with Crippen LogP contribution in [0.1, 0.15) is 125 Å². The molecule has 7 fully saturated rings. The van der Waals surface area contributed by atoms with Crippen molar-refractivity contribution in [2.45, 2.75) is 241 Å². The molecular weight excluding hydrogens is 961 g/mol. The summed E-state index contributed by atoms with van der Waals surface area (Å²) in [5, 5.41) is 58.8. The first kappa shape index (κ1) is 56.0. The molecule has 0 amide bonds. The lowest BCUT2D eigenvalue weighted by Gasteiger charge is -2.66. The molecule has 0 radical (unpaired) electrons. The maximum absolute atomic E-state index is 13.6. The van der Waals surface area contributed by atoms with Crippen LogP contribution >= 0.6 is 0 Å². The summed E-state index contributed by atoms with van der Waals surface area (Å²) in [7, 11) is 3.14. The highest BCUT2D eigenvalue weighted by molar-refractivity contribution is 5.87. The molecule has 18 nitrogen and oxygen atoms in total. The second kappa shape index (κ2) is 22.2. The zero-order valence-corrected chi connectivity index (χ0v) is 44.5. The minimum atomic E-state index is -1.69. The molecule has 0 spiro atoms. The molecule has 8 aliphatic rings. The first-order chi connectivity index (χ1) is 35.1. The minimum absolute atomic E-state index is 0.0849. The van der Waals surface area contributed by atoms with Crippen LogP contribution in [0.25, 0.3) is 6.08 Å². The third-order valence-electron chi connectivity index (χ3n) is 18.8. The van der Waals surface area contributed by atoms with Crippen molar-refractivity contribution in [1.82, 2.24) is 0 Å². The van der Waals surface area contributed by atoms with E-state index in [0.717, 1.165) is 11.1 Å². The van der Waals surface area contributed by atoms with Gasteiger partial charge in [0.1, 0.15) is 47.5 Å². The van der Waals surface area contributed by atoms with Crippen molar-refractivity contribution in [3.63, 3.8) is 0 Å². The molecule has 4 heterocycles. The Morgan fingerprint density at radius 1 is 0.689 bits per heavy atom. The van der Waals surface area contributed by atoms with E-state index in [4.69, 9.17) is 52.1 Å². The number of fused-ring (bicyclic) bond motifs is 5. The van der Waals surface area contributed by atoms with E-state index < -0.39 is 144 Å². The average Bonchev–Trinajstić information content (AvgIpc) is 3.66. The topological polar surface area (TPSA) is 237 Å². The summed E-state index contributed by atoms with van der Waals surface area (Å²) in [5.74, 6) is -1.72. The van der Waals surface area contributed by atoms with Crippen LogP contribution in [0, 0.1) is 22.7 Å². The zero-order chi connectivity index (χ0) is 53.1. The lowest BCUT2D eigenvalue weighted by atomic mass is 9.43. The van der Waals surface area contributed by atoms with Gasteiger partial charge in [0.05, 0.1) is 54.9 Å². The van der Waals surface area contributed by atoms with Gasteiger partial charge in [-0.15, -0.1) is 0 Å². The van der Waals surface area contributed by atoms with Crippen molar-refractivity contribution in [1.29, 1.82) is 0 Å². The van der Waals surface area contributed by atoms with Crippen molar-refractivity contribution in [2.75, 3.05) is 14.2 Å². The van der Waals surface area contributed by atoms with Gasteiger partial charge >= 0.3 is 5.97 Å². The molecule has 414 valence electrons. The molecule has 4 aliphatic carbocycles. The molecule has 0 bridgehead atoms. The number of hydrogen-bond donors (Lipinski definition) is 5. The van der Waals surface area contributed by atoms with E-state index in [1.807, 2.05) is 44.2 Å². The van der Waals surface area contributed by atoms with Crippen LogP contribution in [0.4, 0.5) is 0 Å². The van der Waals surface area contributed by atoms with Crippen LogP contribution in [0.3, 0.4) is 0 Å². The van der Waals surface area contributed by atoms with E-state index in [0.29, 0.717) is 38.5 Å². The second-order valence-corrected chi connectivity index (χ2v) is 23.1. The minimum Gasteiger partial charge on any atom is -0.458 e. The van der Waals surface area contributed by atoms with Crippen molar-refractivity contribution in [2.24, 2.45) is 22.7 Å². The molecule has 0 unspecified atom stereocenters. The van der Waals surface area contributed by atoms with Gasteiger partial charge in [0.15, 0.2) is 25.2 Å². The van der Waals surface area contributed by atoms with Gasteiger partial charge in [-0.3, -0.25) is 4.79 Å². The second-order valence-electron chi connectivity index (χ2n) is 23.1. The predicted molar refractivity (Wildman–Crippen MR) is 264 cm³/mol. The van der Waals surface area contributed by atoms with Gasteiger partial charge in [-0.25, -0.2) is 4.79 Å². The molecule has 3 saturated carbocycles. The van der Waals surface area contributed by atoms with Gasteiger partial charge in [-0.1, -0.05) is 55.8 Å². The summed E-state index contributed by atoms with van der Waals surface area (Å²) < 4.78 is 68.2. The number of carbonyl (C=O) groups is 2. The van der Waals surface area contributed by atoms with Crippen LogP contribution < -0.4 is 0 Å². The lowest BCUT2D eigenvalue weighted by molar-refractivity contribution is -0.345. The van der Waals surface area contributed by atoms with E-state index in [2.05, 4.69) is 13.0 Å². The maximum atomic E-state index is 13.6. The highest BCUT2D eigenvalue weighted by Gasteiger charge is 2.77. The summed E-state index contributed by atoms with van der Waals surface area (Å²) in [5.41, 5.74) is -3.07. The van der Waals surface area contributed by atoms with Crippen LogP contribution in [0.2, 0.25) is 0 Å². The molecule has 5 N–H and O–H groups in total. The number of rotatable bonds is 14. The number of esters is 1. The molecule has 0 aromatic heterocycles. The smallest absolute Gasteiger partial charge is 0.331 e. The highest BCUT2D eigenvalue weighted by Crippen LogP contribution is 2.70. The van der Waals surface area contributed by atoms with Crippen LogP contribution in [0.5, 0.6) is 0 Å². The number of hydrogen-bond acceptors (Lipinski definition) is 18. The van der Waals surface area contributed by atoms with Gasteiger partial charge in [0, 0.05) is 63.2 Å². The van der Waals surface area contributed by atoms with Crippen molar-refractivity contribution >= 4 is 17.8 Å². The Kier molecular flexibility index (Phi) is 16.8. The molecule has 24 atom stereocenters. The van der Waals surface area contributed by atoms with Crippen molar-refractivity contribution in [3.8, 4) is 0 Å². The molecular formula is C56H82O18. The largest absolute Gasteiger partial charge is 0.458 e. The fraction of sp³-hybridized carbons (Fsp3) is 0.786. The zero-order valence-electron chi connectivity index (χ0n) is 44.5. The predicted octanol–water partition coefficient (Wildman–Crippen LogP) is 4.81. The molecule has 4 saturated heterocycles. The summed E-state index contributed by atoms with van der Waals surface area (Å²) in [6, 6.07) is 9.44. The van der Waals surface area contributed by atoms with Crippen LogP contribution in [0.15, 0.2) is 48.1 Å². The fourth-order valence-electron chi connectivity index (χ4n) is 14.6. The number of ketones is 1. The maximum Gasteiger partial charge on any atom is 0.331 e. The van der Waals surface area contributed by atoms with Crippen LogP contribution in [-0.4, -0.2) is 173 Å². The van der Waals surface area contributed by atoms with E-state index in [-0.39, 0.29) is 44.0 Å². The molecule has 1 aromatic carbocycles. The van der Waals surface area contributed by atoms with Gasteiger partial charge in [0.2, 0.25) is 0 Å². The Morgan fingerprint density at radius 3 is 1.84 bits per heavy atom. The number of ether oxygens (including phenoxy) is 11. The Bertz CT molecular complexity index is 2150. The summed E-state index contributed by atoms with van der Waals surface area (Å²) in [4.78, 5) is 26.8. The third-order valence-corrected chi connectivity index (χ3v) is 18.8. The normalized spacial score (nSPS) is 48.5. The van der Waals surface area contributed by atoms with E-state index >= 15 is 0 Å². The monoisotopic (exact) mass is 1040 g/mol. The van der Waals surface area contributed by atoms with Crippen molar-refractivity contribution < 1.29 is 87.2 Å². The van der Waals surface area contributed by atoms with Gasteiger partial charge in [0.25, 0.3) is 0 Å². The summed E-state index contributed by atoms with van der Waals surface area (Å²) in [6.45, 7) is 12.7.